The van der Waals surface area contributed by atoms with Crippen LogP contribution in [0.3, 0.4) is 0 Å². The molecule has 1 unspecified atom stereocenters. The molecule has 0 aliphatic carbocycles. The van der Waals surface area contributed by atoms with Crippen LogP contribution in [0.25, 0.3) is 0 Å². The van der Waals surface area contributed by atoms with E-state index < -0.39 is 0 Å². The number of halogens is 2. The number of nitrogens with zero attached hydrogens (tertiary/aromatic N) is 2. The summed E-state index contributed by atoms with van der Waals surface area (Å²) in [6.07, 6.45) is 2.62. The Bertz CT molecular complexity index is 553. The molecule has 0 saturated carbocycles. The first kappa shape index (κ1) is 14.7. The van der Waals surface area contributed by atoms with E-state index in [9.17, 15) is 0 Å². The Hall–Kier alpha value is -0.690. The van der Waals surface area contributed by atoms with Crippen LogP contribution in [0.5, 0.6) is 0 Å². The van der Waals surface area contributed by atoms with Crippen LogP contribution < -0.4 is 11.3 Å². The zero-order chi connectivity index (χ0) is 13.8. The van der Waals surface area contributed by atoms with E-state index in [1.54, 1.807) is 0 Å². The van der Waals surface area contributed by atoms with Gasteiger partial charge < -0.3 is 0 Å². The molecule has 0 fully saturated rings. The molecule has 1 heterocycles. The maximum atomic E-state index is 5.72. The molecule has 0 spiro atoms. The van der Waals surface area contributed by atoms with Gasteiger partial charge in [0, 0.05) is 11.0 Å². The SMILES string of the molecule is CCn1ncc(Br)c1C(Cc1cccc(Br)c1)NN. The minimum Gasteiger partial charge on any atom is -0.271 e. The van der Waals surface area contributed by atoms with Gasteiger partial charge in [0.2, 0.25) is 0 Å². The van der Waals surface area contributed by atoms with E-state index in [2.05, 4.69) is 61.4 Å². The average molecular weight is 388 g/mol. The highest BCUT2D eigenvalue weighted by atomic mass is 79.9. The van der Waals surface area contributed by atoms with Gasteiger partial charge in [-0.15, -0.1) is 0 Å². The number of hydrogen-bond acceptors (Lipinski definition) is 3. The van der Waals surface area contributed by atoms with E-state index >= 15 is 0 Å². The molecule has 0 radical (unpaired) electrons. The average Bonchev–Trinajstić information content (AvgIpc) is 2.77. The molecule has 0 aliphatic heterocycles. The number of benzene rings is 1. The highest BCUT2D eigenvalue weighted by Crippen LogP contribution is 2.26. The summed E-state index contributed by atoms with van der Waals surface area (Å²) in [6.45, 7) is 2.88. The molecule has 1 aromatic carbocycles. The third kappa shape index (κ3) is 3.45. The lowest BCUT2D eigenvalue weighted by Gasteiger charge is -2.18. The minimum absolute atomic E-state index is 0.0196. The quantitative estimate of drug-likeness (QED) is 0.611. The van der Waals surface area contributed by atoms with Crippen molar-refractivity contribution < 1.29 is 0 Å². The van der Waals surface area contributed by atoms with Gasteiger partial charge in [-0.1, -0.05) is 28.1 Å². The highest BCUT2D eigenvalue weighted by Gasteiger charge is 2.19. The molecule has 1 atom stereocenters. The van der Waals surface area contributed by atoms with Crippen molar-refractivity contribution in [3.8, 4) is 0 Å². The summed E-state index contributed by atoms with van der Waals surface area (Å²) in [5.41, 5.74) is 5.17. The van der Waals surface area contributed by atoms with Crippen LogP contribution in [0, 0.1) is 0 Å². The van der Waals surface area contributed by atoms with Crippen molar-refractivity contribution in [3.05, 3.63) is 50.7 Å². The van der Waals surface area contributed by atoms with E-state index in [1.165, 1.54) is 5.56 Å². The Labute approximate surface area is 129 Å². The Morgan fingerprint density at radius 3 is 2.84 bits per heavy atom. The summed E-state index contributed by atoms with van der Waals surface area (Å²) in [5.74, 6) is 5.72. The Morgan fingerprint density at radius 1 is 1.42 bits per heavy atom. The molecular weight excluding hydrogens is 372 g/mol. The molecule has 102 valence electrons. The van der Waals surface area contributed by atoms with Gasteiger partial charge >= 0.3 is 0 Å². The van der Waals surface area contributed by atoms with Crippen molar-refractivity contribution in [3.63, 3.8) is 0 Å². The van der Waals surface area contributed by atoms with Gasteiger partial charge in [-0.3, -0.25) is 16.0 Å². The Balaban J connectivity index is 2.27. The third-order valence-electron chi connectivity index (χ3n) is 2.99. The van der Waals surface area contributed by atoms with Gasteiger partial charge in [0.05, 0.1) is 22.4 Å². The summed E-state index contributed by atoms with van der Waals surface area (Å²) in [4.78, 5) is 0. The molecule has 3 N–H and O–H groups in total. The lowest BCUT2D eigenvalue weighted by Crippen LogP contribution is -2.31. The lowest BCUT2D eigenvalue weighted by atomic mass is 10.0. The van der Waals surface area contributed by atoms with Crippen LogP contribution in [0.1, 0.15) is 24.2 Å². The molecule has 2 aromatic rings. The molecule has 0 saturated heterocycles. The molecule has 1 aromatic heterocycles. The van der Waals surface area contributed by atoms with Crippen LogP contribution in [-0.2, 0) is 13.0 Å². The third-order valence-corrected chi connectivity index (χ3v) is 4.10. The van der Waals surface area contributed by atoms with Crippen molar-refractivity contribution in [2.24, 2.45) is 5.84 Å². The van der Waals surface area contributed by atoms with Gasteiger partial charge in [-0.25, -0.2) is 0 Å². The molecular formula is C13H16Br2N4. The van der Waals surface area contributed by atoms with E-state index in [-0.39, 0.29) is 6.04 Å². The lowest BCUT2D eigenvalue weighted by molar-refractivity contribution is 0.489. The molecule has 4 nitrogen and oxygen atoms in total. The highest BCUT2D eigenvalue weighted by molar-refractivity contribution is 9.10. The number of hydrazine groups is 1. The van der Waals surface area contributed by atoms with Crippen LogP contribution in [-0.4, -0.2) is 9.78 Å². The van der Waals surface area contributed by atoms with Gasteiger partial charge in [-0.05, 0) is 47.0 Å². The van der Waals surface area contributed by atoms with Crippen LogP contribution >= 0.6 is 31.9 Å². The van der Waals surface area contributed by atoms with Crippen LogP contribution in [0.15, 0.2) is 39.4 Å². The van der Waals surface area contributed by atoms with Crippen molar-refractivity contribution in [1.82, 2.24) is 15.2 Å². The van der Waals surface area contributed by atoms with Gasteiger partial charge in [0.1, 0.15) is 0 Å². The summed E-state index contributed by atoms with van der Waals surface area (Å²) >= 11 is 7.03. The largest absolute Gasteiger partial charge is 0.271 e. The predicted octanol–water partition coefficient (Wildman–Crippen LogP) is 3.18. The van der Waals surface area contributed by atoms with Crippen molar-refractivity contribution in [2.45, 2.75) is 25.9 Å². The molecule has 2 rings (SSSR count). The van der Waals surface area contributed by atoms with Crippen LogP contribution in [0.2, 0.25) is 0 Å². The van der Waals surface area contributed by atoms with Crippen molar-refractivity contribution >= 4 is 31.9 Å². The Kier molecular flexibility index (Phi) is 5.15. The summed E-state index contributed by atoms with van der Waals surface area (Å²) in [7, 11) is 0. The minimum atomic E-state index is 0.0196. The normalized spacial score (nSPS) is 12.6. The fraction of sp³-hybridized carbons (Fsp3) is 0.308. The maximum Gasteiger partial charge on any atom is 0.0712 e. The second kappa shape index (κ2) is 6.65. The van der Waals surface area contributed by atoms with E-state index in [0.29, 0.717) is 0 Å². The maximum absolute atomic E-state index is 5.72. The van der Waals surface area contributed by atoms with E-state index in [0.717, 1.165) is 27.6 Å². The summed E-state index contributed by atoms with van der Waals surface area (Å²) in [6, 6.07) is 8.26. The number of nitrogens with one attached hydrogen (secondary N) is 1. The number of hydrogen-bond donors (Lipinski definition) is 2. The van der Waals surface area contributed by atoms with Gasteiger partial charge in [0.15, 0.2) is 0 Å². The number of rotatable bonds is 5. The molecule has 0 aliphatic rings. The standard InChI is InChI=1S/C13H16Br2N4/c1-2-19-13(11(15)8-17-19)12(18-16)7-9-4-3-5-10(14)6-9/h3-6,8,12,18H,2,7,16H2,1H3. The second-order valence-electron chi connectivity index (χ2n) is 4.25. The molecule has 6 heteroatoms. The number of nitrogens with two attached hydrogens (primary N) is 1. The number of aromatic nitrogens is 2. The summed E-state index contributed by atoms with van der Waals surface area (Å²) < 4.78 is 4.00. The number of aryl methyl sites for hydroxylation is 1. The first-order chi connectivity index (χ1) is 9.15. The zero-order valence-electron chi connectivity index (χ0n) is 10.6. The van der Waals surface area contributed by atoms with E-state index in [1.807, 2.05) is 23.0 Å². The smallest absolute Gasteiger partial charge is 0.0712 e. The van der Waals surface area contributed by atoms with Crippen molar-refractivity contribution in [1.29, 1.82) is 0 Å². The fourth-order valence-electron chi connectivity index (χ4n) is 2.10. The fourth-order valence-corrected chi connectivity index (χ4v) is 3.12. The molecule has 0 bridgehead atoms. The van der Waals surface area contributed by atoms with E-state index in [4.69, 9.17) is 5.84 Å². The van der Waals surface area contributed by atoms with Gasteiger partial charge in [0.25, 0.3) is 0 Å². The predicted molar refractivity (Wildman–Crippen MR) is 83.5 cm³/mol. The van der Waals surface area contributed by atoms with Crippen molar-refractivity contribution in [2.75, 3.05) is 0 Å². The summed E-state index contributed by atoms with van der Waals surface area (Å²) in [5, 5.41) is 4.33. The second-order valence-corrected chi connectivity index (χ2v) is 6.02. The van der Waals surface area contributed by atoms with Crippen LogP contribution in [0.4, 0.5) is 0 Å². The monoisotopic (exact) mass is 386 g/mol. The Morgan fingerprint density at radius 2 is 2.21 bits per heavy atom. The zero-order valence-corrected chi connectivity index (χ0v) is 13.8. The first-order valence-corrected chi connectivity index (χ1v) is 7.66. The first-order valence-electron chi connectivity index (χ1n) is 6.07. The van der Waals surface area contributed by atoms with Gasteiger partial charge in [-0.2, -0.15) is 5.10 Å². The molecule has 19 heavy (non-hydrogen) atoms. The molecule has 0 amide bonds. The topological polar surface area (TPSA) is 55.9 Å².